The highest BCUT2D eigenvalue weighted by Gasteiger charge is 2.35. The Hall–Kier alpha value is -2.73. The molecule has 0 aliphatic carbocycles. The molecule has 0 unspecified atom stereocenters. The molecule has 2 amide bonds. The van der Waals surface area contributed by atoms with Crippen LogP contribution in [0.4, 0.5) is 4.79 Å². The molecule has 1 fully saturated rings. The van der Waals surface area contributed by atoms with E-state index in [9.17, 15) is 14.7 Å². The molecule has 0 radical (unpaired) electrons. The second-order valence-electron chi connectivity index (χ2n) is 6.51. The number of carbonyl (C=O) groups excluding carboxylic acids is 2. The van der Waals surface area contributed by atoms with Gasteiger partial charge in [0.1, 0.15) is 18.1 Å². The number of nitrogens with zero attached hydrogens (tertiary/aromatic N) is 1. The number of hydrogen-bond acceptors (Lipinski definition) is 5. The summed E-state index contributed by atoms with van der Waals surface area (Å²) in [4.78, 5) is 26.2. The smallest absolute Gasteiger partial charge is 0.293 e. The van der Waals surface area contributed by atoms with Gasteiger partial charge in [0.15, 0.2) is 0 Å². The van der Waals surface area contributed by atoms with E-state index in [-0.39, 0.29) is 30.0 Å². The van der Waals surface area contributed by atoms with Crippen LogP contribution in [0.1, 0.15) is 22.3 Å². The number of rotatable bonds is 5. The van der Waals surface area contributed by atoms with E-state index in [1.54, 1.807) is 24.3 Å². The standard InChI is InChI=1S/C21H21NO4S/c1-13-5-7-17(23)16(10-13)12-19-20(24)22(21(25)27-19)8-9-26-18-11-14(2)4-6-15(18)3/h4-7,10-12,23H,8-9H2,1-3H3/b19-12-. The van der Waals surface area contributed by atoms with Crippen LogP contribution in [0.2, 0.25) is 0 Å². The average molecular weight is 383 g/mol. The summed E-state index contributed by atoms with van der Waals surface area (Å²) in [5.74, 6) is 0.461. The summed E-state index contributed by atoms with van der Waals surface area (Å²) in [6, 6.07) is 11.0. The number of amides is 2. The summed E-state index contributed by atoms with van der Waals surface area (Å²) in [7, 11) is 0. The molecule has 27 heavy (non-hydrogen) atoms. The van der Waals surface area contributed by atoms with Gasteiger partial charge in [0.2, 0.25) is 0 Å². The summed E-state index contributed by atoms with van der Waals surface area (Å²) in [6.45, 7) is 6.23. The van der Waals surface area contributed by atoms with Crippen molar-refractivity contribution in [1.82, 2.24) is 4.90 Å². The Morgan fingerprint density at radius 2 is 1.78 bits per heavy atom. The molecule has 0 atom stereocenters. The fourth-order valence-corrected chi connectivity index (χ4v) is 3.59. The Morgan fingerprint density at radius 3 is 2.56 bits per heavy atom. The molecule has 140 valence electrons. The molecular formula is C21H21NO4S. The molecule has 3 rings (SSSR count). The van der Waals surface area contributed by atoms with Crippen molar-refractivity contribution in [2.24, 2.45) is 0 Å². The van der Waals surface area contributed by atoms with Crippen molar-refractivity contribution >= 4 is 29.0 Å². The number of ether oxygens (including phenoxy) is 1. The van der Waals surface area contributed by atoms with Crippen LogP contribution < -0.4 is 4.74 Å². The first-order valence-corrected chi connectivity index (χ1v) is 9.42. The lowest BCUT2D eigenvalue weighted by atomic mass is 10.1. The largest absolute Gasteiger partial charge is 0.507 e. The summed E-state index contributed by atoms with van der Waals surface area (Å²) in [6.07, 6.45) is 1.55. The van der Waals surface area contributed by atoms with Crippen molar-refractivity contribution in [3.8, 4) is 11.5 Å². The molecule has 0 bridgehead atoms. The lowest BCUT2D eigenvalue weighted by Gasteiger charge is -2.14. The number of phenolic OH excluding ortho intramolecular Hbond substituents is 1. The van der Waals surface area contributed by atoms with Crippen molar-refractivity contribution in [2.75, 3.05) is 13.2 Å². The van der Waals surface area contributed by atoms with Gasteiger partial charge in [-0.05, 0) is 67.9 Å². The Balaban J connectivity index is 1.68. The van der Waals surface area contributed by atoms with E-state index < -0.39 is 0 Å². The number of aromatic hydroxyl groups is 1. The van der Waals surface area contributed by atoms with E-state index in [4.69, 9.17) is 4.74 Å². The van der Waals surface area contributed by atoms with E-state index in [0.717, 1.165) is 34.2 Å². The molecule has 1 aliphatic heterocycles. The van der Waals surface area contributed by atoms with Crippen LogP contribution in [-0.4, -0.2) is 34.3 Å². The van der Waals surface area contributed by atoms with Gasteiger partial charge in [0.25, 0.3) is 11.1 Å². The number of phenols is 1. The van der Waals surface area contributed by atoms with Gasteiger partial charge in [-0.1, -0.05) is 23.8 Å². The number of benzene rings is 2. The van der Waals surface area contributed by atoms with Gasteiger partial charge in [-0.2, -0.15) is 0 Å². The Kier molecular flexibility index (Phi) is 5.56. The van der Waals surface area contributed by atoms with Gasteiger partial charge < -0.3 is 9.84 Å². The third-order valence-corrected chi connectivity index (χ3v) is 5.17. The number of thioether (sulfide) groups is 1. The molecular weight excluding hydrogens is 362 g/mol. The molecule has 2 aromatic carbocycles. The predicted octanol–water partition coefficient (Wildman–Crippen LogP) is 4.43. The topological polar surface area (TPSA) is 66.8 Å². The zero-order valence-corrected chi connectivity index (χ0v) is 16.3. The highest BCUT2D eigenvalue weighted by atomic mass is 32.2. The third kappa shape index (κ3) is 4.34. The zero-order valence-electron chi connectivity index (χ0n) is 15.5. The molecule has 1 saturated heterocycles. The summed E-state index contributed by atoms with van der Waals surface area (Å²) in [5.41, 5.74) is 3.57. The van der Waals surface area contributed by atoms with Gasteiger partial charge in [0.05, 0.1) is 11.4 Å². The van der Waals surface area contributed by atoms with Crippen LogP contribution in [0, 0.1) is 20.8 Å². The minimum atomic E-state index is -0.365. The second kappa shape index (κ2) is 7.88. The SMILES string of the molecule is Cc1ccc(O)c(/C=C2\SC(=O)N(CCOc3cc(C)ccc3C)C2=O)c1. The zero-order chi connectivity index (χ0) is 19.6. The first-order valence-electron chi connectivity index (χ1n) is 8.60. The Bertz CT molecular complexity index is 936. The summed E-state index contributed by atoms with van der Waals surface area (Å²) >= 11 is 0.875. The van der Waals surface area contributed by atoms with Crippen LogP contribution in [0.3, 0.4) is 0 Å². The van der Waals surface area contributed by atoms with Crippen LogP contribution in [0.5, 0.6) is 11.5 Å². The van der Waals surface area contributed by atoms with Crippen molar-refractivity contribution < 1.29 is 19.4 Å². The average Bonchev–Trinajstić information content (AvgIpc) is 2.88. The summed E-state index contributed by atoms with van der Waals surface area (Å²) < 4.78 is 5.75. The minimum absolute atomic E-state index is 0.0747. The molecule has 1 heterocycles. The maximum Gasteiger partial charge on any atom is 0.293 e. The lowest BCUT2D eigenvalue weighted by Crippen LogP contribution is -2.32. The molecule has 1 aliphatic rings. The maximum absolute atomic E-state index is 12.6. The first kappa shape index (κ1) is 19.0. The normalized spacial score (nSPS) is 15.7. The monoisotopic (exact) mass is 383 g/mol. The molecule has 0 aromatic heterocycles. The van der Waals surface area contributed by atoms with Crippen LogP contribution in [-0.2, 0) is 4.79 Å². The highest BCUT2D eigenvalue weighted by Crippen LogP contribution is 2.34. The number of carbonyl (C=O) groups is 2. The Morgan fingerprint density at radius 1 is 1.07 bits per heavy atom. The number of aryl methyl sites for hydroxylation is 3. The quantitative estimate of drug-likeness (QED) is 0.774. The van der Waals surface area contributed by atoms with E-state index in [1.165, 1.54) is 4.90 Å². The molecule has 0 saturated carbocycles. The number of imide groups is 1. The fraction of sp³-hybridized carbons (Fsp3) is 0.238. The third-order valence-electron chi connectivity index (χ3n) is 4.26. The molecule has 1 N–H and O–H groups in total. The summed E-state index contributed by atoms with van der Waals surface area (Å²) in [5, 5.41) is 9.61. The molecule has 6 heteroatoms. The van der Waals surface area contributed by atoms with Crippen LogP contribution in [0.15, 0.2) is 41.3 Å². The van der Waals surface area contributed by atoms with Gasteiger partial charge in [-0.25, -0.2) is 0 Å². The van der Waals surface area contributed by atoms with Gasteiger partial charge in [0, 0.05) is 5.56 Å². The van der Waals surface area contributed by atoms with Crippen molar-refractivity contribution in [2.45, 2.75) is 20.8 Å². The molecule has 0 spiro atoms. The van der Waals surface area contributed by atoms with E-state index >= 15 is 0 Å². The highest BCUT2D eigenvalue weighted by molar-refractivity contribution is 8.18. The van der Waals surface area contributed by atoms with Crippen molar-refractivity contribution in [3.05, 3.63) is 63.6 Å². The predicted molar refractivity (Wildman–Crippen MR) is 107 cm³/mol. The minimum Gasteiger partial charge on any atom is -0.507 e. The van der Waals surface area contributed by atoms with Crippen molar-refractivity contribution in [1.29, 1.82) is 0 Å². The second-order valence-corrected chi connectivity index (χ2v) is 7.51. The molecule has 5 nitrogen and oxygen atoms in total. The van der Waals surface area contributed by atoms with Crippen LogP contribution >= 0.6 is 11.8 Å². The van der Waals surface area contributed by atoms with E-state index in [0.29, 0.717) is 10.5 Å². The van der Waals surface area contributed by atoms with Gasteiger partial charge in [-0.3, -0.25) is 14.5 Å². The van der Waals surface area contributed by atoms with Gasteiger partial charge >= 0.3 is 0 Å². The number of hydrogen-bond donors (Lipinski definition) is 1. The van der Waals surface area contributed by atoms with E-state index in [1.807, 2.05) is 39.0 Å². The lowest BCUT2D eigenvalue weighted by molar-refractivity contribution is -0.123. The first-order chi connectivity index (χ1) is 12.8. The van der Waals surface area contributed by atoms with Crippen LogP contribution in [0.25, 0.3) is 6.08 Å². The Labute approximate surface area is 162 Å². The fourth-order valence-electron chi connectivity index (χ4n) is 2.73. The van der Waals surface area contributed by atoms with E-state index in [2.05, 4.69) is 0 Å². The molecule has 2 aromatic rings. The van der Waals surface area contributed by atoms with Gasteiger partial charge in [-0.15, -0.1) is 0 Å². The van der Waals surface area contributed by atoms with Crippen molar-refractivity contribution in [3.63, 3.8) is 0 Å². The maximum atomic E-state index is 12.6.